The Labute approximate surface area is 170 Å². The largest absolute Gasteiger partial charge is 0.491 e. The Balaban J connectivity index is 0.00000261. The van der Waals surface area contributed by atoms with Gasteiger partial charge in [0.1, 0.15) is 5.75 Å². The first-order chi connectivity index (χ1) is 12.6. The SMILES string of the molecule is CC(C)Oc1ccc(C(=O)N2CCCCC2CCN2CCCCC2)cc1.Cl. The summed E-state index contributed by atoms with van der Waals surface area (Å²) in [7, 11) is 0. The molecule has 2 heterocycles. The van der Waals surface area contributed by atoms with E-state index in [1.54, 1.807) is 0 Å². The van der Waals surface area contributed by atoms with Crippen LogP contribution in [0.4, 0.5) is 0 Å². The van der Waals surface area contributed by atoms with Gasteiger partial charge in [-0.1, -0.05) is 6.42 Å². The Morgan fingerprint density at radius 2 is 1.70 bits per heavy atom. The number of nitrogens with zero attached hydrogens (tertiary/aromatic N) is 2. The highest BCUT2D eigenvalue weighted by molar-refractivity contribution is 5.94. The summed E-state index contributed by atoms with van der Waals surface area (Å²) in [6.45, 7) is 8.53. The van der Waals surface area contributed by atoms with Gasteiger partial charge in [-0.2, -0.15) is 0 Å². The summed E-state index contributed by atoms with van der Waals surface area (Å²) in [5.41, 5.74) is 0.783. The molecule has 2 aliphatic rings. The molecule has 1 atom stereocenters. The number of hydrogen-bond donors (Lipinski definition) is 0. The van der Waals surface area contributed by atoms with Crippen LogP contribution in [0.25, 0.3) is 0 Å². The Morgan fingerprint density at radius 1 is 1.04 bits per heavy atom. The van der Waals surface area contributed by atoms with Crippen LogP contribution in [0.2, 0.25) is 0 Å². The normalized spacial score (nSPS) is 21.0. The molecule has 5 heteroatoms. The summed E-state index contributed by atoms with van der Waals surface area (Å²) < 4.78 is 5.69. The Morgan fingerprint density at radius 3 is 2.37 bits per heavy atom. The molecule has 1 unspecified atom stereocenters. The number of piperidine rings is 2. The van der Waals surface area contributed by atoms with Crippen molar-refractivity contribution >= 4 is 18.3 Å². The topological polar surface area (TPSA) is 32.8 Å². The standard InChI is InChI=1S/C22H34N2O2.ClH/c1-18(2)26-21-11-9-19(10-12-21)22(25)24-16-7-4-8-20(24)13-17-23-14-5-3-6-15-23;/h9-12,18,20H,3-8,13-17H2,1-2H3;1H. The van der Waals surface area contributed by atoms with Gasteiger partial charge in [-0.05, 0) is 89.7 Å². The lowest BCUT2D eigenvalue weighted by Crippen LogP contribution is -2.45. The molecule has 27 heavy (non-hydrogen) atoms. The maximum Gasteiger partial charge on any atom is 0.254 e. The van der Waals surface area contributed by atoms with Crippen LogP contribution in [0.3, 0.4) is 0 Å². The van der Waals surface area contributed by atoms with E-state index in [2.05, 4.69) is 9.80 Å². The zero-order chi connectivity index (χ0) is 18.4. The second kappa shape index (κ2) is 10.9. The predicted octanol–water partition coefficient (Wildman–Crippen LogP) is 4.77. The Hall–Kier alpha value is -1.26. The van der Waals surface area contributed by atoms with Crippen molar-refractivity contribution in [3.8, 4) is 5.75 Å². The fourth-order valence-corrected chi connectivity index (χ4v) is 4.20. The molecular weight excluding hydrogens is 360 g/mol. The first-order valence-electron chi connectivity index (χ1n) is 10.4. The minimum Gasteiger partial charge on any atom is -0.491 e. The molecule has 0 radical (unpaired) electrons. The molecule has 1 aromatic carbocycles. The average molecular weight is 395 g/mol. The number of carbonyl (C=O) groups is 1. The van der Waals surface area contributed by atoms with Gasteiger partial charge in [-0.3, -0.25) is 4.79 Å². The van der Waals surface area contributed by atoms with E-state index in [4.69, 9.17) is 4.74 Å². The number of hydrogen-bond acceptors (Lipinski definition) is 3. The highest BCUT2D eigenvalue weighted by atomic mass is 35.5. The van der Waals surface area contributed by atoms with E-state index in [-0.39, 0.29) is 24.4 Å². The van der Waals surface area contributed by atoms with E-state index in [0.29, 0.717) is 6.04 Å². The van der Waals surface area contributed by atoms with Gasteiger partial charge in [0.15, 0.2) is 0 Å². The number of rotatable bonds is 6. The van der Waals surface area contributed by atoms with E-state index >= 15 is 0 Å². The van der Waals surface area contributed by atoms with E-state index in [1.807, 2.05) is 38.1 Å². The van der Waals surface area contributed by atoms with Crippen molar-refractivity contribution < 1.29 is 9.53 Å². The van der Waals surface area contributed by atoms with E-state index in [9.17, 15) is 4.79 Å². The van der Waals surface area contributed by atoms with E-state index in [1.165, 1.54) is 38.8 Å². The average Bonchev–Trinajstić information content (AvgIpc) is 2.67. The van der Waals surface area contributed by atoms with Crippen molar-refractivity contribution in [2.24, 2.45) is 0 Å². The predicted molar refractivity (Wildman–Crippen MR) is 113 cm³/mol. The molecule has 0 spiro atoms. The van der Waals surface area contributed by atoms with Crippen LogP contribution in [0.5, 0.6) is 5.75 Å². The van der Waals surface area contributed by atoms with Gasteiger partial charge in [-0.25, -0.2) is 0 Å². The molecule has 0 N–H and O–H groups in total. The quantitative estimate of drug-likeness (QED) is 0.696. The molecule has 0 bridgehead atoms. The van der Waals surface area contributed by atoms with Gasteiger partial charge >= 0.3 is 0 Å². The first-order valence-corrected chi connectivity index (χ1v) is 10.4. The third-order valence-corrected chi connectivity index (χ3v) is 5.59. The summed E-state index contributed by atoms with van der Waals surface area (Å²) in [5, 5.41) is 0. The van der Waals surface area contributed by atoms with Gasteiger partial charge in [0.25, 0.3) is 5.91 Å². The maximum absolute atomic E-state index is 13.1. The monoisotopic (exact) mass is 394 g/mol. The minimum atomic E-state index is 0. The molecule has 0 aromatic heterocycles. The van der Waals surface area contributed by atoms with Crippen molar-refractivity contribution in [1.82, 2.24) is 9.80 Å². The van der Waals surface area contributed by atoms with Gasteiger partial charge in [-0.15, -0.1) is 12.4 Å². The van der Waals surface area contributed by atoms with E-state index in [0.717, 1.165) is 43.7 Å². The lowest BCUT2D eigenvalue weighted by molar-refractivity contribution is 0.0579. The zero-order valence-electron chi connectivity index (χ0n) is 16.9. The number of amides is 1. The third-order valence-electron chi connectivity index (χ3n) is 5.59. The fraction of sp³-hybridized carbons (Fsp3) is 0.682. The second-order valence-electron chi connectivity index (χ2n) is 8.03. The first kappa shape index (κ1) is 22.0. The number of carbonyl (C=O) groups excluding carboxylic acids is 1. The van der Waals surface area contributed by atoms with Gasteiger partial charge in [0, 0.05) is 24.7 Å². The number of benzene rings is 1. The summed E-state index contributed by atoms with van der Waals surface area (Å²) in [6, 6.07) is 8.05. The van der Waals surface area contributed by atoms with Crippen molar-refractivity contribution in [1.29, 1.82) is 0 Å². The van der Waals surface area contributed by atoms with Crippen LogP contribution in [-0.4, -0.2) is 54.0 Å². The lowest BCUT2D eigenvalue weighted by Gasteiger charge is -2.37. The zero-order valence-corrected chi connectivity index (χ0v) is 17.7. The van der Waals surface area contributed by atoms with Crippen molar-refractivity contribution in [3.63, 3.8) is 0 Å². The maximum atomic E-state index is 13.1. The Kier molecular flexibility index (Phi) is 8.91. The molecule has 0 saturated carbocycles. The summed E-state index contributed by atoms with van der Waals surface area (Å²) in [6.07, 6.45) is 8.82. The molecule has 3 rings (SSSR count). The molecule has 1 aromatic rings. The van der Waals surface area contributed by atoms with Crippen LogP contribution in [-0.2, 0) is 0 Å². The molecule has 1 amide bonds. The van der Waals surface area contributed by atoms with Crippen molar-refractivity contribution in [2.75, 3.05) is 26.2 Å². The highest BCUT2D eigenvalue weighted by Crippen LogP contribution is 2.24. The smallest absolute Gasteiger partial charge is 0.254 e. The number of halogens is 1. The molecule has 2 saturated heterocycles. The van der Waals surface area contributed by atoms with Gasteiger partial charge < -0.3 is 14.5 Å². The van der Waals surface area contributed by atoms with Gasteiger partial charge in [0.05, 0.1) is 6.10 Å². The number of likely N-dealkylation sites (tertiary alicyclic amines) is 2. The van der Waals surface area contributed by atoms with Crippen LogP contribution < -0.4 is 4.74 Å². The van der Waals surface area contributed by atoms with Gasteiger partial charge in [0.2, 0.25) is 0 Å². The molecular formula is C22H35ClN2O2. The molecule has 2 aliphatic heterocycles. The Bertz CT molecular complexity index is 570. The molecule has 0 aliphatic carbocycles. The summed E-state index contributed by atoms with van der Waals surface area (Å²) in [4.78, 5) is 17.8. The van der Waals surface area contributed by atoms with Crippen LogP contribution in [0.1, 0.15) is 69.2 Å². The summed E-state index contributed by atoms with van der Waals surface area (Å²) >= 11 is 0. The van der Waals surface area contributed by atoms with Crippen LogP contribution in [0, 0.1) is 0 Å². The van der Waals surface area contributed by atoms with Crippen molar-refractivity contribution in [3.05, 3.63) is 29.8 Å². The fourth-order valence-electron chi connectivity index (χ4n) is 4.20. The minimum absolute atomic E-state index is 0. The molecule has 4 nitrogen and oxygen atoms in total. The number of ether oxygens (including phenoxy) is 1. The second-order valence-corrected chi connectivity index (χ2v) is 8.03. The highest BCUT2D eigenvalue weighted by Gasteiger charge is 2.28. The third kappa shape index (κ3) is 6.39. The van der Waals surface area contributed by atoms with Crippen LogP contribution in [0.15, 0.2) is 24.3 Å². The van der Waals surface area contributed by atoms with E-state index < -0.39 is 0 Å². The molecule has 152 valence electrons. The lowest BCUT2D eigenvalue weighted by atomic mass is 9.97. The van der Waals surface area contributed by atoms with Crippen LogP contribution >= 0.6 is 12.4 Å². The molecule has 2 fully saturated rings. The summed E-state index contributed by atoms with van der Waals surface area (Å²) in [5.74, 6) is 1.02. The van der Waals surface area contributed by atoms with Crippen molar-refractivity contribution in [2.45, 2.75) is 70.9 Å².